The Morgan fingerprint density at radius 2 is 1.83 bits per heavy atom. The Balaban J connectivity index is 2.10. The van der Waals surface area contributed by atoms with Gasteiger partial charge in [0, 0.05) is 29.8 Å². The monoisotopic (exact) mass is 236 g/mol. The first-order valence-corrected chi connectivity index (χ1v) is 5.64. The standard InChI is InChI=1S/C14H12N4/c15-12-5-3-11(4-6-12)14-17-8-9-18(14)13-2-1-7-16-10-13/h1-10H,15H2. The lowest BCUT2D eigenvalue weighted by atomic mass is 10.2. The summed E-state index contributed by atoms with van der Waals surface area (Å²) in [5, 5.41) is 0. The van der Waals surface area contributed by atoms with E-state index in [0.717, 1.165) is 22.8 Å². The van der Waals surface area contributed by atoms with Crippen molar-refractivity contribution in [2.24, 2.45) is 0 Å². The number of benzene rings is 1. The Morgan fingerprint density at radius 1 is 1.00 bits per heavy atom. The van der Waals surface area contributed by atoms with Gasteiger partial charge in [0.05, 0.1) is 11.9 Å². The fourth-order valence-corrected chi connectivity index (χ4v) is 1.85. The van der Waals surface area contributed by atoms with Gasteiger partial charge in [-0.2, -0.15) is 0 Å². The summed E-state index contributed by atoms with van der Waals surface area (Å²) >= 11 is 0. The molecule has 0 radical (unpaired) electrons. The molecule has 0 spiro atoms. The maximum Gasteiger partial charge on any atom is 0.144 e. The smallest absolute Gasteiger partial charge is 0.144 e. The highest BCUT2D eigenvalue weighted by atomic mass is 15.1. The molecule has 0 amide bonds. The zero-order chi connectivity index (χ0) is 12.4. The van der Waals surface area contributed by atoms with Crippen molar-refractivity contribution in [3.8, 4) is 17.1 Å². The van der Waals surface area contributed by atoms with E-state index >= 15 is 0 Å². The van der Waals surface area contributed by atoms with Crippen molar-refractivity contribution < 1.29 is 0 Å². The molecular formula is C14H12N4. The van der Waals surface area contributed by atoms with Crippen molar-refractivity contribution in [3.63, 3.8) is 0 Å². The Kier molecular flexibility index (Phi) is 2.53. The molecule has 3 aromatic rings. The summed E-state index contributed by atoms with van der Waals surface area (Å²) in [6.07, 6.45) is 7.26. The molecule has 2 heterocycles. The largest absolute Gasteiger partial charge is 0.399 e. The quantitative estimate of drug-likeness (QED) is 0.695. The van der Waals surface area contributed by atoms with E-state index in [1.54, 1.807) is 12.4 Å². The van der Waals surface area contributed by atoms with Crippen LogP contribution in [0, 0.1) is 0 Å². The van der Waals surface area contributed by atoms with Crippen molar-refractivity contribution >= 4 is 5.69 Å². The molecule has 0 atom stereocenters. The number of nitrogens with zero attached hydrogens (tertiary/aromatic N) is 3. The molecule has 0 unspecified atom stereocenters. The van der Waals surface area contributed by atoms with Crippen LogP contribution in [0.4, 0.5) is 5.69 Å². The predicted octanol–water partition coefficient (Wildman–Crippen LogP) is 2.52. The number of pyridine rings is 1. The minimum Gasteiger partial charge on any atom is -0.399 e. The number of rotatable bonds is 2. The molecule has 0 aliphatic carbocycles. The van der Waals surface area contributed by atoms with E-state index in [0.29, 0.717) is 0 Å². The third-order valence-electron chi connectivity index (χ3n) is 2.73. The average molecular weight is 236 g/mol. The molecule has 4 nitrogen and oxygen atoms in total. The SMILES string of the molecule is Nc1ccc(-c2nccn2-c2cccnc2)cc1. The lowest BCUT2D eigenvalue weighted by Crippen LogP contribution is -1.96. The van der Waals surface area contributed by atoms with Gasteiger partial charge in [-0.3, -0.25) is 9.55 Å². The molecular weight excluding hydrogens is 224 g/mol. The van der Waals surface area contributed by atoms with Crippen molar-refractivity contribution in [1.29, 1.82) is 0 Å². The van der Waals surface area contributed by atoms with Crippen LogP contribution < -0.4 is 5.73 Å². The summed E-state index contributed by atoms with van der Waals surface area (Å²) in [7, 11) is 0. The highest BCUT2D eigenvalue weighted by Gasteiger charge is 2.07. The summed E-state index contributed by atoms with van der Waals surface area (Å²) in [5.41, 5.74) is 8.45. The highest BCUT2D eigenvalue weighted by molar-refractivity contribution is 5.61. The number of aromatic nitrogens is 3. The minimum absolute atomic E-state index is 0.748. The van der Waals surface area contributed by atoms with Gasteiger partial charge in [-0.05, 0) is 36.4 Å². The van der Waals surface area contributed by atoms with Crippen LogP contribution in [0.1, 0.15) is 0 Å². The number of hydrogen-bond donors (Lipinski definition) is 1. The number of hydrogen-bond acceptors (Lipinski definition) is 3. The number of nitrogen functional groups attached to an aromatic ring is 1. The summed E-state index contributed by atoms with van der Waals surface area (Å²) in [6.45, 7) is 0. The zero-order valence-electron chi connectivity index (χ0n) is 9.69. The first-order valence-electron chi connectivity index (χ1n) is 5.64. The van der Waals surface area contributed by atoms with Crippen molar-refractivity contribution in [2.45, 2.75) is 0 Å². The van der Waals surface area contributed by atoms with E-state index in [2.05, 4.69) is 9.97 Å². The Morgan fingerprint density at radius 3 is 2.56 bits per heavy atom. The van der Waals surface area contributed by atoms with E-state index in [1.165, 1.54) is 0 Å². The maximum absolute atomic E-state index is 5.69. The number of imidazole rings is 1. The lowest BCUT2D eigenvalue weighted by molar-refractivity contribution is 1.05. The van der Waals surface area contributed by atoms with E-state index in [4.69, 9.17) is 5.73 Å². The fraction of sp³-hybridized carbons (Fsp3) is 0. The first-order chi connectivity index (χ1) is 8.84. The van der Waals surface area contributed by atoms with Gasteiger partial charge >= 0.3 is 0 Å². The number of nitrogens with two attached hydrogens (primary N) is 1. The van der Waals surface area contributed by atoms with Gasteiger partial charge in [0.1, 0.15) is 5.82 Å². The molecule has 0 aliphatic rings. The Labute approximate surface area is 105 Å². The summed E-state index contributed by atoms with van der Waals surface area (Å²) < 4.78 is 2.00. The molecule has 2 N–H and O–H groups in total. The molecule has 0 bridgehead atoms. The Hall–Kier alpha value is -2.62. The fourth-order valence-electron chi connectivity index (χ4n) is 1.85. The molecule has 0 fully saturated rings. The van der Waals surface area contributed by atoms with Crippen molar-refractivity contribution in [3.05, 3.63) is 61.2 Å². The molecule has 1 aromatic carbocycles. The van der Waals surface area contributed by atoms with Gasteiger partial charge in [-0.15, -0.1) is 0 Å². The van der Waals surface area contributed by atoms with Crippen LogP contribution in [0.5, 0.6) is 0 Å². The van der Waals surface area contributed by atoms with Gasteiger partial charge in [0.15, 0.2) is 0 Å². The summed E-state index contributed by atoms with van der Waals surface area (Å²) in [5.74, 6) is 0.878. The van der Waals surface area contributed by atoms with Crippen LogP contribution in [0.15, 0.2) is 61.2 Å². The van der Waals surface area contributed by atoms with Crippen LogP contribution >= 0.6 is 0 Å². The maximum atomic E-state index is 5.69. The third kappa shape index (κ3) is 1.84. The third-order valence-corrected chi connectivity index (χ3v) is 2.73. The zero-order valence-corrected chi connectivity index (χ0v) is 9.69. The Bertz CT molecular complexity index is 641. The van der Waals surface area contributed by atoms with Crippen LogP contribution in [0.2, 0.25) is 0 Å². The second kappa shape index (κ2) is 4.33. The van der Waals surface area contributed by atoms with Gasteiger partial charge < -0.3 is 5.73 Å². The number of anilines is 1. The highest BCUT2D eigenvalue weighted by Crippen LogP contribution is 2.21. The minimum atomic E-state index is 0.748. The van der Waals surface area contributed by atoms with Crippen molar-refractivity contribution in [2.75, 3.05) is 5.73 Å². The molecule has 0 aliphatic heterocycles. The molecule has 4 heteroatoms. The molecule has 18 heavy (non-hydrogen) atoms. The molecule has 3 rings (SSSR count). The molecule has 2 aromatic heterocycles. The van der Waals surface area contributed by atoms with E-state index in [1.807, 2.05) is 53.4 Å². The first kappa shape index (κ1) is 10.5. The molecule has 88 valence electrons. The van der Waals surface area contributed by atoms with E-state index in [9.17, 15) is 0 Å². The van der Waals surface area contributed by atoms with Crippen LogP contribution in [-0.4, -0.2) is 14.5 Å². The topological polar surface area (TPSA) is 56.7 Å². The molecule has 0 saturated heterocycles. The normalized spacial score (nSPS) is 10.4. The van der Waals surface area contributed by atoms with Gasteiger partial charge in [-0.1, -0.05) is 0 Å². The van der Waals surface area contributed by atoms with E-state index < -0.39 is 0 Å². The summed E-state index contributed by atoms with van der Waals surface area (Å²) in [4.78, 5) is 8.51. The molecule has 0 saturated carbocycles. The van der Waals surface area contributed by atoms with Crippen LogP contribution in [-0.2, 0) is 0 Å². The average Bonchev–Trinajstić information content (AvgIpc) is 2.90. The van der Waals surface area contributed by atoms with Gasteiger partial charge in [0.25, 0.3) is 0 Å². The van der Waals surface area contributed by atoms with Gasteiger partial charge in [0.2, 0.25) is 0 Å². The summed E-state index contributed by atoms with van der Waals surface area (Å²) in [6, 6.07) is 11.6. The van der Waals surface area contributed by atoms with E-state index in [-0.39, 0.29) is 0 Å². The second-order valence-electron chi connectivity index (χ2n) is 3.95. The predicted molar refractivity (Wildman–Crippen MR) is 71.2 cm³/mol. The van der Waals surface area contributed by atoms with Crippen LogP contribution in [0.25, 0.3) is 17.1 Å². The van der Waals surface area contributed by atoms with Crippen molar-refractivity contribution in [1.82, 2.24) is 14.5 Å². The van der Waals surface area contributed by atoms with Crippen LogP contribution in [0.3, 0.4) is 0 Å². The lowest BCUT2D eigenvalue weighted by Gasteiger charge is -2.07. The second-order valence-corrected chi connectivity index (χ2v) is 3.95. The van der Waals surface area contributed by atoms with Gasteiger partial charge in [-0.25, -0.2) is 4.98 Å².